The third-order valence-electron chi connectivity index (χ3n) is 5.04. The van der Waals surface area contributed by atoms with Gasteiger partial charge < -0.3 is 13.9 Å². The van der Waals surface area contributed by atoms with Crippen molar-refractivity contribution in [1.29, 1.82) is 0 Å². The average molecular weight is 469 g/mol. The van der Waals surface area contributed by atoms with E-state index in [0.29, 0.717) is 29.0 Å². The quantitative estimate of drug-likeness (QED) is 0.407. The Morgan fingerprint density at radius 2 is 2.07 bits per heavy atom. The molecule has 5 rings (SSSR count). The molecule has 0 N–H and O–H groups in total. The van der Waals surface area contributed by atoms with E-state index in [2.05, 4.69) is 32.2 Å². The van der Waals surface area contributed by atoms with Crippen LogP contribution in [0.15, 0.2) is 62.6 Å². The Morgan fingerprint density at radius 3 is 2.93 bits per heavy atom. The highest BCUT2D eigenvalue weighted by atomic mass is 79.9. The van der Waals surface area contributed by atoms with Gasteiger partial charge in [0.25, 0.3) is 0 Å². The lowest BCUT2D eigenvalue weighted by molar-refractivity contribution is -0.116. The number of nitrogens with zero attached hydrogens (tertiary/aromatic N) is 4. The molecule has 0 fully saturated rings. The molecule has 0 aliphatic carbocycles. The van der Waals surface area contributed by atoms with E-state index < -0.39 is 0 Å². The number of aromatic nitrogens is 3. The molecule has 1 aliphatic rings. The molecule has 1 amide bonds. The Morgan fingerprint density at radius 1 is 1.21 bits per heavy atom. The molecule has 3 heterocycles. The Balaban J connectivity index is 1.32. The number of carbonyl (C=O) groups excluding carboxylic acids is 1. The molecule has 0 saturated carbocycles. The van der Waals surface area contributed by atoms with E-state index in [1.807, 2.05) is 59.0 Å². The van der Waals surface area contributed by atoms with Crippen LogP contribution >= 0.6 is 27.7 Å². The standard InChI is InChI=1S/C21H17BrN4O2S/c1-25-20(18-11-14-4-2-3-5-17(14)28-18)23-24-21(25)29-12-19(27)26-9-8-13-10-15(22)6-7-16(13)26/h2-7,10-11H,8-9,12H2,1H3. The second-order valence-electron chi connectivity index (χ2n) is 6.87. The number of anilines is 1. The van der Waals surface area contributed by atoms with Crippen LogP contribution in [0.2, 0.25) is 0 Å². The van der Waals surface area contributed by atoms with Crippen molar-refractivity contribution in [3.8, 4) is 11.6 Å². The summed E-state index contributed by atoms with van der Waals surface area (Å²) in [4.78, 5) is 14.6. The highest BCUT2D eigenvalue weighted by Crippen LogP contribution is 2.32. The van der Waals surface area contributed by atoms with Crippen LogP contribution in [0.1, 0.15) is 5.56 Å². The van der Waals surface area contributed by atoms with Crippen molar-refractivity contribution in [3.63, 3.8) is 0 Å². The molecule has 2 aromatic carbocycles. The van der Waals surface area contributed by atoms with E-state index in [-0.39, 0.29) is 5.91 Å². The molecule has 8 heteroatoms. The van der Waals surface area contributed by atoms with Gasteiger partial charge in [0.1, 0.15) is 5.58 Å². The number of benzene rings is 2. The van der Waals surface area contributed by atoms with Gasteiger partial charge in [0.05, 0.1) is 5.75 Å². The third kappa shape index (κ3) is 3.36. The number of amides is 1. The Labute approximate surface area is 180 Å². The number of carbonyl (C=O) groups is 1. The highest BCUT2D eigenvalue weighted by Gasteiger charge is 2.25. The minimum Gasteiger partial charge on any atom is -0.453 e. The Hall–Kier alpha value is -2.58. The predicted octanol–water partition coefficient (Wildman–Crippen LogP) is 4.67. The molecule has 2 aromatic heterocycles. The van der Waals surface area contributed by atoms with E-state index in [1.165, 1.54) is 17.3 Å². The lowest BCUT2D eigenvalue weighted by atomic mass is 10.2. The molecular weight excluding hydrogens is 452 g/mol. The zero-order valence-electron chi connectivity index (χ0n) is 15.6. The van der Waals surface area contributed by atoms with E-state index in [4.69, 9.17) is 4.42 Å². The summed E-state index contributed by atoms with van der Waals surface area (Å²) in [6.45, 7) is 0.716. The van der Waals surface area contributed by atoms with Gasteiger partial charge in [-0.1, -0.05) is 45.9 Å². The van der Waals surface area contributed by atoms with E-state index in [1.54, 1.807) is 0 Å². The molecule has 29 heavy (non-hydrogen) atoms. The largest absolute Gasteiger partial charge is 0.453 e. The van der Waals surface area contributed by atoms with E-state index in [9.17, 15) is 4.79 Å². The SMILES string of the molecule is Cn1c(SCC(=O)N2CCc3cc(Br)ccc32)nnc1-c1cc2ccccc2o1. The summed E-state index contributed by atoms with van der Waals surface area (Å²) in [5.41, 5.74) is 3.01. The van der Waals surface area contributed by atoms with Gasteiger partial charge in [-0.2, -0.15) is 0 Å². The number of fused-ring (bicyclic) bond motifs is 2. The van der Waals surface area contributed by atoms with Crippen LogP contribution in [0.5, 0.6) is 0 Å². The number of hydrogen-bond donors (Lipinski definition) is 0. The maximum absolute atomic E-state index is 12.8. The van der Waals surface area contributed by atoms with E-state index >= 15 is 0 Å². The molecule has 1 aliphatic heterocycles. The van der Waals surface area contributed by atoms with Crippen molar-refractivity contribution in [2.45, 2.75) is 11.6 Å². The van der Waals surface area contributed by atoms with Crippen LogP contribution < -0.4 is 4.90 Å². The topological polar surface area (TPSA) is 64.2 Å². The summed E-state index contributed by atoms with van der Waals surface area (Å²) in [6, 6.07) is 15.8. The van der Waals surface area contributed by atoms with Crippen molar-refractivity contribution in [3.05, 3.63) is 58.6 Å². The Kier molecular flexibility index (Phi) is 4.67. The van der Waals surface area contributed by atoms with Gasteiger partial charge >= 0.3 is 0 Å². The summed E-state index contributed by atoms with van der Waals surface area (Å²) in [5, 5.41) is 10.2. The highest BCUT2D eigenvalue weighted by molar-refractivity contribution is 9.10. The number of para-hydroxylation sites is 1. The number of thioether (sulfide) groups is 1. The summed E-state index contributed by atoms with van der Waals surface area (Å²) >= 11 is 4.88. The minimum absolute atomic E-state index is 0.0735. The molecule has 0 spiro atoms. The second kappa shape index (κ2) is 7.35. The van der Waals surface area contributed by atoms with Gasteiger partial charge in [-0.25, -0.2) is 0 Å². The maximum atomic E-state index is 12.8. The first-order valence-corrected chi connectivity index (χ1v) is 11.0. The fraction of sp³-hybridized carbons (Fsp3) is 0.190. The fourth-order valence-corrected chi connectivity index (χ4v) is 4.78. The molecule has 146 valence electrons. The smallest absolute Gasteiger partial charge is 0.237 e. The van der Waals surface area contributed by atoms with Crippen LogP contribution in [-0.4, -0.2) is 33.0 Å². The van der Waals surface area contributed by atoms with Gasteiger partial charge in [0.15, 0.2) is 16.7 Å². The van der Waals surface area contributed by atoms with Crippen LogP contribution in [0.4, 0.5) is 5.69 Å². The van der Waals surface area contributed by atoms with E-state index in [0.717, 1.165) is 27.6 Å². The predicted molar refractivity (Wildman–Crippen MR) is 117 cm³/mol. The number of furan rings is 1. The fourth-order valence-electron chi connectivity index (χ4n) is 3.58. The lowest BCUT2D eigenvalue weighted by Crippen LogP contribution is -2.30. The van der Waals surface area contributed by atoms with Crippen LogP contribution in [0.3, 0.4) is 0 Å². The van der Waals surface area contributed by atoms with Gasteiger partial charge in [-0.3, -0.25) is 4.79 Å². The summed E-state index contributed by atoms with van der Waals surface area (Å²) in [7, 11) is 1.89. The molecule has 0 saturated heterocycles. The van der Waals surface area contributed by atoms with Crippen molar-refractivity contribution in [1.82, 2.24) is 14.8 Å². The molecule has 0 bridgehead atoms. The first-order valence-electron chi connectivity index (χ1n) is 9.20. The van der Waals surface area contributed by atoms with Gasteiger partial charge in [0.2, 0.25) is 5.91 Å². The Bertz CT molecular complexity index is 1200. The van der Waals surface area contributed by atoms with Gasteiger partial charge in [-0.05, 0) is 42.3 Å². The van der Waals surface area contributed by atoms with Crippen LogP contribution in [0, 0.1) is 0 Å². The zero-order chi connectivity index (χ0) is 20.0. The summed E-state index contributed by atoms with van der Waals surface area (Å²) in [6.07, 6.45) is 0.880. The van der Waals surface area contributed by atoms with Crippen molar-refractivity contribution >= 4 is 50.3 Å². The van der Waals surface area contributed by atoms with Crippen molar-refractivity contribution < 1.29 is 9.21 Å². The molecule has 6 nitrogen and oxygen atoms in total. The average Bonchev–Trinajstić information content (AvgIpc) is 3.41. The molecule has 4 aromatic rings. The minimum atomic E-state index is 0.0735. The normalized spacial score (nSPS) is 13.2. The second-order valence-corrected chi connectivity index (χ2v) is 8.73. The monoisotopic (exact) mass is 468 g/mol. The molecule has 0 radical (unpaired) electrons. The number of rotatable bonds is 4. The molecular formula is C21H17BrN4O2S. The third-order valence-corrected chi connectivity index (χ3v) is 6.54. The molecule has 0 atom stereocenters. The van der Waals surface area contributed by atoms with Crippen LogP contribution in [-0.2, 0) is 18.3 Å². The van der Waals surface area contributed by atoms with Crippen molar-refractivity contribution in [2.24, 2.45) is 7.05 Å². The van der Waals surface area contributed by atoms with Crippen molar-refractivity contribution in [2.75, 3.05) is 17.2 Å². The number of halogens is 1. The summed E-state index contributed by atoms with van der Waals surface area (Å²) < 4.78 is 8.80. The lowest BCUT2D eigenvalue weighted by Gasteiger charge is -2.17. The zero-order valence-corrected chi connectivity index (χ0v) is 18.0. The molecule has 0 unspecified atom stereocenters. The maximum Gasteiger partial charge on any atom is 0.237 e. The first kappa shape index (κ1) is 18.4. The number of hydrogen-bond acceptors (Lipinski definition) is 5. The first-order chi connectivity index (χ1) is 14.1. The van der Waals surface area contributed by atoms with Gasteiger partial charge in [-0.15, -0.1) is 10.2 Å². The van der Waals surface area contributed by atoms with Gasteiger partial charge in [0, 0.05) is 29.1 Å². The van der Waals surface area contributed by atoms with Crippen LogP contribution in [0.25, 0.3) is 22.6 Å². The summed E-state index contributed by atoms with van der Waals surface area (Å²) in [5.74, 6) is 1.69.